The van der Waals surface area contributed by atoms with Crippen LogP contribution in [0.4, 0.5) is 0 Å². The van der Waals surface area contributed by atoms with E-state index < -0.39 is 38.1 Å². The zero-order chi connectivity index (χ0) is 24.3. The Morgan fingerprint density at radius 3 is 1.79 bits per heavy atom. The molecule has 0 N–H and O–H groups in total. The molecule has 0 aliphatic heterocycles. The average molecular weight is 703 g/mol. The second kappa shape index (κ2) is 15.8. The van der Waals surface area contributed by atoms with Crippen LogP contribution in [-0.4, -0.2) is 44.7 Å². The third-order valence-electron chi connectivity index (χ3n) is 6.31. The number of hydrogen-bond donors (Lipinski definition) is 0. The van der Waals surface area contributed by atoms with Gasteiger partial charge < -0.3 is 0 Å². The predicted molar refractivity (Wildman–Crippen MR) is 159 cm³/mol. The van der Waals surface area contributed by atoms with Gasteiger partial charge in [0.2, 0.25) is 0 Å². The molecule has 0 spiro atoms. The van der Waals surface area contributed by atoms with Crippen molar-refractivity contribution in [1.82, 2.24) is 0 Å². The van der Waals surface area contributed by atoms with E-state index in [2.05, 4.69) is 62.0 Å². The normalized spacial score (nSPS) is 12.1. The summed E-state index contributed by atoms with van der Waals surface area (Å²) in [7, 11) is 0. The van der Waals surface area contributed by atoms with Gasteiger partial charge in [0.15, 0.2) is 0 Å². The molecule has 187 valence electrons. The van der Waals surface area contributed by atoms with Crippen LogP contribution in [0.15, 0.2) is 12.1 Å². The van der Waals surface area contributed by atoms with Crippen molar-refractivity contribution >= 4 is 66.6 Å². The molecule has 0 fully saturated rings. The van der Waals surface area contributed by atoms with Crippen LogP contribution in [0.1, 0.15) is 89.5 Å². The minimum absolute atomic E-state index is 0.875. The van der Waals surface area contributed by atoms with Gasteiger partial charge in [-0.25, -0.2) is 0 Å². The number of ether oxygens (including phenoxy) is 1. The van der Waals surface area contributed by atoms with Crippen LogP contribution in [-0.2, 0) is 0 Å². The SMILES string of the molecule is CCCCCCCCCCCCCCOc1c[c]([Sn]([CH3])([CH3])[CH3])sc1-c1s[c]([Sn]([CH3])[CH3])cc1C. The van der Waals surface area contributed by atoms with Crippen LogP contribution in [0, 0.1) is 6.92 Å². The number of unbranched alkanes of at least 4 members (excludes halogenated alkanes) is 11. The van der Waals surface area contributed by atoms with Crippen LogP contribution in [0.2, 0.25) is 24.7 Å². The fourth-order valence-electron chi connectivity index (χ4n) is 4.09. The Hall–Kier alpha value is 0.797. The summed E-state index contributed by atoms with van der Waals surface area (Å²) in [5.41, 5.74) is 1.46. The topological polar surface area (TPSA) is 9.23 Å². The summed E-state index contributed by atoms with van der Waals surface area (Å²) < 4.78 is 9.78. The molecule has 2 aromatic rings. The molecule has 0 saturated heterocycles. The van der Waals surface area contributed by atoms with Gasteiger partial charge in [0.1, 0.15) is 0 Å². The van der Waals surface area contributed by atoms with Gasteiger partial charge in [-0.3, -0.25) is 0 Å². The van der Waals surface area contributed by atoms with Crippen molar-refractivity contribution in [3.63, 3.8) is 0 Å². The molecule has 33 heavy (non-hydrogen) atoms. The van der Waals surface area contributed by atoms with E-state index >= 15 is 0 Å². The van der Waals surface area contributed by atoms with Crippen LogP contribution in [0.3, 0.4) is 0 Å². The Morgan fingerprint density at radius 2 is 1.30 bits per heavy atom. The molecule has 0 aromatic carbocycles. The molecule has 2 aromatic heterocycles. The Bertz CT molecular complexity index is 801. The molecule has 1 nitrogen and oxygen atoms in total. The van der Waals surface area contributed by atoms with Crippen LogP contribution in [0.25, 0.3) is 9.75 Å². The molecule has 0 bridgehead atoms. The molecule has 0 aliphatic carbocycles. The first-order chi connectivity index (χ1) is 15.7. The zero-order valence-electron chi connectivity index (χ0n) is 22.6. The van der Waals surface area contributed by atoms with Gasteiger partial charge >= 0.3 is 188 Å². The summed E-state index contributed by atoms with van der Waals surface area (Å²) >= 11 is 0.672. The second-order valence-corrected chi connectivity index (χ2v) is 36.7. The van der Waals surface area contributed by atoms with Crippen molar-refractivity contribution in [2.24, 2.45) is 0 Å². The summed E-state index contributed by atoms with van der Waals surface area (Å²) in [6.45, 7) is 5.47. The monoisotopic (exact) mass is 705 g/mol. The van der Waals surface area contributed by atoms with Crippen molar-refractivity contribution in [2.45, 2.75) is 116 Å². The molecule has 5 heteroatoms. The first kappa shape index (κ1) is 30.0. The summed E-state index contributed by atoms with van der Waals surface area (Å²) in [5, 5.41) is 0. The molecular formula is C28H49OS2Sn2. The second-order valence-electron chi connectivity index (χ2n) is 10.9. The fourth-order valence-corrected chi connectivity index (χ4v) is 15.7. The summed E-state index contributed by atoms with van der Waals surface area (Å²) in [6.07, 6.45) is 16.7. The number of aryl methyl sites for hydroxylation is 1. The van der Waals surface area contributed by atoms with E-state index in [4.69, 9.17) is 4.74 Å². The fraction of sp³-hybridized carbons (Fsp3) is 0.714. The first-order valence-corrected chi connectivity index (χ1v) is 32.2. The van der Waals surface area contributed by atoms with Crippen LogP contribution in [0.5, 0.6) is 5.75 Å². The van der Waals surface area contributed by atoms with E-state index in [1.165, 1.54) is 98.1 Å². The zero-order valence-corrected chi connectivity index (χ0v) is 29.9. The third kappa shape index (κ3) is 10.7. The van der Waals surface area contributed by atoms with E-state index in [9.17, 15) is 0 Å². The standard InChI is InChI=1S/C23H34OS2.5CH3.2Sn/c1-3-4-5-6-7-8-9-10-11-12-13-14-17-24-21-16-19-26-23(21)22-20(2)15-18-25-22;;;;;;;/h15-16H,3-14,17H2,1-2H3;5*1H3;;. The third-order valence-corrected chi connectivity index (χ3v) is 24.9. The molecule has 2 heterocycles. The Morgan fingerprint density at radius 1 is 0.758 bits per heavy atom. The maximum absolute atomic E-state index is 6.45. The van der Waals surface area contributed by atoms with Crippen LogP contribution >= 0.6 is 22.7 Å². The maximum atomic E-state index is 6.45. The number of thiophene rings is 2. The van der Waals surface area contributed by atoms with Crippen molar-refractivity contribution in [3.05, 3.63) is 17.7 Å². The molecule has 0 unspecified atom stereocenters. The first-order valence-electron chi connectivity index (χ1n) is 13.4. The molecule has 2 rings (SSSR count). The van der Waals surface area contributed by atoms with E-state index in [1.807, 2.05) is 11.3 Å². The summed E-state index contributed by atoms with van der Waals surface area (Å²) in [6, 6.07) is 4.90. The summed E-state index contributed by atoms with van der Waals surface area (Å²) in [4.78, 5) is 15.5. The van der Waals surface area contributed by atoms with Gasteiger partial charge in [-0.15, -0.1) is 0 Å². The number of hydrogen-bond acceptors (Lipinski definition) is 3. The molecule has 1 radical (unpaired) electrons. The van der Waals surface area contributed by atoms with Gasteiger partial charge in [0, 0.05) is 0 Å². The Kier molecular flexibility index (Phi) is 14.4. The van der Waals surface area contributed by atoms with Crippen molar-refractivity contribution in [1.29, 1.82) is 0 Å². The minimum atomic E-state index is -2.11. The molecule has 0 amide bonds. The Balaban J connectivity index is 1.78. The average Bonchev–Trinajstić information content (AvgIpc) is 3.35. The quantitative estimate of drug-likeness (QED) is 0.118. The van der Waals surface area contributed by atoms with Gasteiger partial charge in [-0.05, 0) is 0 Å². The molecular weight excluding hydrogens is 654 g/mol. The number of rotatable bonds is 17. The van der Waals surface area contributed by atoms with Crippen molar-refractivity contribution in [3.8, 4) is 15.5 Å². The van der Waals surface area contributed by atoms with Gasteiger partial charge in [-0.1, -0.05) is 39.0 Å². The van der Waals surface area contributed by atoms with Crippen molar-refractivity contribution < 1.29 is 4.74 Å². The van der Waals surface area contributed by atoms with Crippen LogP contribution < -0.4 is 10.5 Å². The van der Waals surface area contributed by atoms with Gasteiger partial charge in [-0.2, -0.15) is 0 Å². The van der Waals surface area contributed by atoms with Gasteiger partial charge in [0.05, 0.1) is 0 Å². The summed E-state index contributed by atoms with van der Waals surface area (Å²) in [5.74, 6) is 1.18. The Labute approximate surface area is 224 Å². The molecule has 0 saturated carbocycles. The van der Waals surface area contributed by atoms with E-state index in [0.29, 0.717) is 0 Å². The molecule has 0 atom stereocenters. The van der Waals surface area contributed by atoms with Crippen molar-refractivity contribution in [2.75, 3.05) is 6.61 Å². The van der Waals surface area contributed by atoms with E-state index in [-0.39, 0.29) is 0 Å². The molecule has 0 aliphatic rings. The van der Waals surface area contributed by atoms with E-state index in [1.54, 1.807) is 5.79 Å². The van der Waals surface area contributed by atoms with E-state index in [0.717, 1.165) is 6.61 Å². The predicted octanol–water partition coefficient (Wildman–Crippen LogP) is 9.37. The van der Waals surface area contributed by atoms with Gasteiger partial charge in [0.25, 0.3) is 0 Å².